The van der Waals surface area contributed by atoms with Crippen molar-refractivity contribution in [3.8, 4) is 0 Å². The monoisotopic (exact) mass is 232 g/mol. The van der Waals surface area contributed by atoms with Crippen molar-refractivity contribution in [2.45, 2.75) is 25.9 Å². The molecule has 1 aromatic heterocycles. The minimum atomic E-state index is -0.676. The van der Waals surface area contributed by atoms with Gasteiger partial charge in [0, 0.05) is 46.5 Å². The summed E-state index contributed by atoms with van der Waals surface area (Å²) in [6.07, 6.45) is 4.58. The molecule has 0 spiro atoms. The summed E-state index contributed by atoms with van der Waals surface area (Å²) >= 11 is 1.66. The second kappa shape index (κ2) is 6.27. The van der Waals surface area contributed by atoms with Gasteiger partial charge in [-0.15, -0.1) is 11.3 Å². The van der Waals surface area contributed by atoms with Crippen molar-refractivity contribution in [2.24, 2.45) is 0 Å². The Morgan fingerprint density at radius 3 is 3.07 bits per heavy atom. The fourth-order valence-corrected chi connectivity index (χ4v) is 2.28. The maximum Gasteiger partial charge on any atom is 0.0794 e. The van der Waals surface area contributed by atoms with Gasteiger partial charge in [0.1, 0.15) is 0 Å². The number of hydrogen-bond donors (Lipinski definition) is 1. The number of aromatic nitrogens is 1. The summed E-state index contributed by atoms with van der Waals surface area (Å²) in [5.41, 5.74) is 1.84. The average Bonchev–Trinajstić information content (AvgIpc) is 2.63. The summed E-state index contributed by atoms with van der Waals surface area (Å²) < 4.78 is 10.9. The molecule has 2 atom stereocenters. The molecule has 0 aromatic carbocycles. The maximum atomic E-state index is 10.9. The van der Waals surface area contributed by atoms with Crippen LogP contribution in [0.4, 0.5) is 0 Å². The molecule has 0 radical (unpaired) electrons. The molecular weight excluding hydrogens is 216 g/mol. The molecule has 2 unspecified atom stereocenters. The van der Waals surface area contributed by atoms with Crippen LogP contribution in [0.5, 0.6) is 0 Å². The van der Waals surface area contributed by atoms with Gasteiger partial charge in [-0.2, -0.15) is 0 Å². The Hall–Kier alpha value is -0.260. The largest absolute Gasteiger partial charge is 0.309 e. The van der Waals surface area contributed by atoms with E-state index in [2.05, 4.69) is 17.2 Å². The Labute approximate surface area is 91.4 Å². The zero-order valence-electron chi connectivity index (χ0n) is 8.53. The molecule has 3 nitrogen and oxygen atoms in total. The second-order valence-electron chi connectivity index (χ2n) is 3.32. The fourth-order valence-electron chi connectivity index (χ4n) is 1.05. The molecule has 0 aliphatic rings. The van der Waals surface area contributed by atoms with Crippen LogP contribution in [-0.2, 0) is 17.3 Å². The number of nitrogens with zero attached hydrogens (tertiary/aromatic N) is 1. The van der Waals surface area contributed by atoms with Crippen LogP contribution in [0, 0.1) is 0 Å². The molecule has 0 bridgehead atoms. The van der Waals surface area contributed by atoms with E-state index in [9.17, 15) is 4.21 Å². The van der Waals surface area contributed by atoms with Crippen molar-refractivity contribution in [2.75, 3.05) is 12.0 Å². The van der Waals surface area contributed by atoms with Crippen LogP contribution < -0.4 is 5.32 Å². The Kier molecular flexibility index (Phi) is 5.29. The van der Waals surface area contributed by atoms with Gasteiger partial charge in [-0.3, -0.25) is 9.19 Å². The zero-order chi connectivity index (χ0) is 10.4. The first kappa shape index (κ1) is 11.8. The van der Waals surface area contributed by atoms with Crippen LogP contribution in [-0.4, -0.2) is 27.2 Å². The average molecular weight is 232 g/mol. The molecule has 0 fully saturated rings. The summed E-state index contributed by atoms with van der Waals surface area (Å²) in [5.74, 6) is 0.775. The SMILES string of the molecule is CC(CCS(C)=O)NCc1cncs1. The van der Waals surface area contributed by atoms with E-state index in [-0.39, 0.29) is 0 Å². The van der Waals surface area contributed by atoms with E-state index in [1.807, 2.05) is 11.7 Å². The van der Waals surface area contributed by atoms with E-state index in [0.717, 1.165) is 18.7 Å². The van der Waals surface area contributed by atoms with Gasteiger partial charge in [-0.1, -0.05) is 0 Å². The highest BCUT2D eigenvalue weighted by Crippen LogP contribution is 2.05. The number of rotatable bonds is 6. The van der Waals surface area contributed by atoms with E-state index in [1.165, 1.54) is 4.88 Å². The van der Waals surface area contributed by atoms with Gasteiger partial charge in [0.05, 0.1) is 5.51 Å². The van der Waals surface area contributed by atoms with Crippen LogP contribution in [0.3, 0.4) is 0 Å². The quantitative estimate of drug-likeness (QED) is 0.806. The lowest BCUT2D eigenvalue weighted by Crippen LogP contribution is -2.26. The van der Waals surface area contributed by atoms with Gasteiger partial charge in [-0.05, 0) is 13.3 Å². The second-order valence-corrected chi connectivity index (χ2v) is 5.84. The van der Waals surface area contributed by atoms with Crippen molar-refractivity contribution < 1.29 is 4.21 Å². The summed E-state index contributed by atoms with van der Waals surface area (Å²) in [6, 6.07) is 0.418. The van der Waals surface area contributed by atoms with Crippen LogP contribution in [0.1, 0.15) is 18.2 Å². The molecule has 1 N–H and O–H groups in total. The van der Waals surface area contributed by atoms with E-state index < -0.39 is 10.8 Å². The first-order chi connectivity index (χ1) is 6.68. The van der Waals surface area contributed by atoms with Crippen molar-refractivity contribution in [3.63, 3.8) is 0 Å². The zero-order valence-corrected chi connectivity index (χ0v) is 10.2. The Morgan fingerprint density at radius 2 is 2.50 bits per heavy atom. The fraction of sp³-hybridized carbons (Fsp3) is 0.667. The molecular formula is C9H16N2OS2. The van der Waals surface area contributed by atoms with Crippen molar-refractivity contribution in [1.82, 2.24) is 10.3 Å². The smallest absolute Gasteiger partial charge is 0.0794 e. The molecule has 5 heteroatoms. The van der Waals surface area contributed by atoms with Crippen molar-refractivity contribution in [3.05, 3.63) is 16.6 Å². The molecule has 0 saturated carbocycles. The highest BCUT2D eigenvalue weighted by atomic mass is 32.2. The van der Waals surface area contributed by atoms with Crippen molar-refractivity contribution >= 4 is 22.1 Å². The molecule has 0 amide bonds. The Bertz CT molecular complexity index is 274. The molecule has 80 valence electrons. The van der Waals surface area contributed by atoms with Crippen molar-refractivity contribution in [1.29, 1.82) is 0 Å². The molecule has 1 aromatic rings. The van der Waals surface area contributed by atoms with Crippen LogP contribution in [0.25, 0.3) is 0 Å². The molecule has 0 aliphatic carbocycles. The minimum Gasteiger partial charge on any atom is -0.309 e. The third-order valence-electron chi connectivity index (χ3n) is 1.95. The van der Waals surface area contributed by atoms with Gasteiger partial charge in [0.2, 0.25) is 0 Å². The number of nitrogens with one attached hydrogen (secondary N) is 1. The predicted octanol–water partition coefficient (Wildman–Crippen LogP) is 1.39. The summed E-state index contributed by atoms with van der Waals surface area (Å²) in [6.45, 7) is 2.98. The third kappa shape index (κ3) is 4.83. The molecule has 0 saturated heterocycles. The van der Waals surface area contributed by atoms with E-state index >= 15 is 0 Å². The molecule has 0 aliphatic heterocycles. The lowest BCUT2D eigenvalue weighted by Gasteiger charge is -2.11. The van der Waals surface area contributed by atoms with Gasteiger partial charge < -0.3 is 5.32 Å². The number of thiazole rings is 1. The van der Waals surface area contributed by atoms with E-state index in [4.69, 9.17) is 0 Å². The highest BCUT2D eigenvalue weighted by Gasteiger charge is 2.03. The lowest BCUT2D eigenvalue weighted by atomic mass is 10.2. The predicted molar refractivity (Wildman–Crippen MR) is 62.0 cm³/mol. The Balaban J connectivity index is 2.15. The Morgan fingerprint density at radius 1 is 1.71 bits per heavy atom. The van der Waals surface area contributed by atoms with Gasteiger partial charge in [0.15, 0.2) is 0 Å². The van der Waals surface area contributed by atoms with Crippen LogP contribution >= 0.6 is 11.3 Å². The molecule has 1 heterocycles. The van der Waals surface area contributed by atoms with E-state index in [0.29, 0.717) is 6.04 Å². The molecule has 14 heavy (non-hydrogen) atoms. The van der Waals surface area contributed by atoms with Gasteiger partial charge in [0.25, 0.3) is 0 Å². The summed E-state index contributed by atoms with van der Waals surface area (Å²) in [4.78, 5) is 5.25. The summed E-state index contributed by atoms with van der Waals surface area (Å²) in [5, 5.41) is 3.38. The first-order valence-corrected chi connectivity index (χ1v) is 7.20. The van der Waals surface area contributed by atoms with E-state index in [1.54, 1.807) is 17.6 Å². The highest BCUT2D eigenvalue weighted by molar-refractivity contribution is 7.84. The third-order valence-corrected chi connectivity index (χ3v) is 3.54. The van der Waals surface area contributed by atoms with Gasteiger partial charge >= 0.3 is 0 Å². The standard InChI is InChI=1S/C9H16N2OS2/c1-8(3-4-14(2)12)11-6-9-5-10-7-13-9/h5,7-8,11H,3-4,6H2,1-2H3. The van der Waals surface area contributed by atoms with Gasteiger partial charge in [-0.25, -0.2) is 0 Å². The normalized spacial score (nSPS) is 15.3. The number of hydrogen-bond acceptors (Lipinski definition) is 4. The first-order valence-electron chi connectivity index (χ1n) is 4.59. The topological polar surface area (TPSA) is 42.0 Å². The van der Waals surface area contributed by atoms with Crippen LogP contribution in [0.2, 0.25) is 0 Å². The molecule has 1 rings (SSSR count). The minimum absolute atomic E-state index is 0.418. The van der Waals surface area contributed by atoms with Crippen LogP contribution in [0.15, 0.2) is 11.7 Å². The summed E-state index contributed by atoms with van der Waals surface area (Å²) in [7, 11) is -0.676. The lowest BCUT2D eigenvalue weighted by molar-refractivity contribution is 0.537. The maximum absolute atomic E-state index is 10.9.